The highest BCUT2D eigenvalue weighted by atomic mass is 19.4. The number of amides is 1. The van der Waals surface area contributed by atoms with E-state index in [-0.39, 0.29) is 18.1 Å². The van der Waals surface area contributed by atoms with Crippen molar-refractivity contribution < 1.29 is 18.0 Å². The van der Waals surface area contributed by atoms with Gasteiger partial charge >= 0.3 is 6.18 Å². The van der Waals surface area contributed by atoms with E-state index in [1.54, 1.807) is 0 Å². The summed E-state index contributed by atoms with van der Waals surface area (Å²) in [6.45, 7) is 2.92. The molecule has 24 heavy (non-hydrogen) atoms. The number of piperidine rings is 1. The Kier molecular flexibility index (Phi) is 6.62. The van der Waals surface area contributed by atoms with E-state index in [1.807, 2.05) is 7.05 Å². The van der Waals surface area contributed by atoms with Crippen molar-refractivity contribution >= 4 is 11.6 Å². The Balaban J connectivity index is 1.80. The van der Waals surface area contributed by atoms with Crippen molar-refractivity contribution in [3.8, 4) is 0 Å². The fraction of sp³-hybridized carbons (Fsp3) is 0.588. The Morgan fingerprint density at radius 3 is 2.62 bits per heavy atom. The Labute approximate surface area is 140 Å². The molecule has 1 amide bonds. The van der Waals surface area contributed by atoms with Crippen LogP contribution >= 0.6 is 0 Å². The monoisotopic (exact) mass is 343 g/mol. The fourth-order valence-corrected chi connectivity index (χ4v) is 2.96. The molecule has 4 nitrogen and oxygen atoms in total. The predicted octanol–water partition coefficient (Wildman–Crippen LogP) is 2.97. The number of hydrogen-bond donors (Lipinski definition) is 2. The molecule has 1 aromatic carbocycles. The molecule has 1 saturated heterocycles. The van der Waals surface area contributed by atoms with Crippen molar-refractivity contribution in [2.75, 3.05) is 38.5 Å². The molecular weight excluding hydrogens is 319 g/mol. The second-order valence-corrected chi connectivity index (χ2v) is 6.24. The molecule has 2 N–H and O–H groups in total. The molecule has 1 aliphatic rings. The summed E-state index contributed by atoms with van der Waals surface area (Å²) in [7, 11) is 1.94. The van der Waals surface area contributed by atoms with Crippen LogP contribution in [0.15, 0.2) is 24.3 Å². The van der Waals surface area contributed by atoms with Crippen LogP contribution in [-0.2, 0) is 11.0 Å². The molecule has 7 heteroatoms. The zero-order valence-electron chi connectivity index (χ0n) is 13.8. The van der Waals surface area contributed by atoms with E-state index in [0.717, 1.165) is 51.0 Å². The van der Waals surface area contributed by atoms with E-state index in [2.05, 4.69) is 15.5 Å². The van der Waals surface area contributed by atoms with Gasteiger partial charge < -0.3 is 10.6 Å². The van der Waals surface area contributed by atoms with Gasteiger partial charge in [0.1, 0.15) is 0 Å². The van der Waals surface area contributed by atoms with Crippen molar-refractivity contribution in [3.63, 3.8) is 0 Å². The third-order valence-electron chi connectivity index (χ3n) is 4.35. The van der Waals surface area contributed by atoms with Crippen LogP contribution < -0.4 is 10.6 Å². The van der Waals surface area contributed by atoms with Gasteiger partial charge in [-0.05, 0) is 70.1 Å². The summed E-state index contributed by atoms with van der Waals surface area (Å²) in [5, 5.41) is 5.70. The summed E-state index contributed by atoms with van der Waals surface area (Å²) in [5.74, 6) is 0.406. The van der Waals surface area contributed by atoms with Gasteiger partial charge in [-0.15, -0.1) is 0 Å². The zero-order valence-corrected chi connectivity index (χ0v) is 13.8. The highest BCUT2D eigenvalue weighted by Crippen LogP contribution is 2.30. The molecule has 0 aliphatic carbocycles. The number of anilines is 1. The first-order valence-electron chi connectivity index (χ1n) is 8.22. The van der Waals surface area contributed by atoms with Crippen molar-refractivity contribution in [3.05, 3.63) is 29.8 Å². The average Bonchev–Trinajstić information content (AvgIpc) is 2.53. The summed E-state index contributed by atoms with van der Waals surface area (Å²) in [6.07, 6.45) is -1.16. The number of nitrogens with zero attached hydrogens (tertiary/aromatic N) is 1. The van der Waals surface area contributed by atoms with Crippen LogP contribution in [0.2, 0.25) is 0 Å². The molecule has 0 spiro atoms. The number of halogens is 3. The SMILES string of the molecule is CNCCC1CCN(CC(=O)Nc2cccc(C(F)(F)F)c2)CC1. The van der Waals surface area contributed by atoms with Gasteiger partial charge in [0, 0.05) is 5.69 Å². The minimum absolute atomic E-state index is 0.179. The number of alkyl halides is 3. The summed E-state index contributed by atoms with van der Waals surface area (Å²) in [4.78, 5) is 14.1. The molecule has 0 aromatic heterocycles. The summed E-state index contributed by atoms with van der Waals surface area (Å²) < 4.78 is 38.0. The second kappa shape index (κ2) is 8.48. The molecule has 0 bridgehead atoms. The summed E-state index contributed by atoms with van der Waals surface area (Å²) in [5.41, 5.74) is -0.579. The first-order valence-corrected chi connectivity index (χ1v) is 8.22. The van der Waals surface area contributed by atoms with E-state index < -0.39 is 11.7 Å². The molecule has 134 valence electrons. The van der Waals surface area contributed by atoms with E-state index in [4.69, 9.17) is 0 Å². The van der Waals surface area contributed by atoms with Gasteiger partial charge in [0.25, 0.3) is 0 Å². The predicted molar refractivity (Wildman–Crippen MR) is 87.8 cm³/mol. The lowest BCUT2D eigenvalue weighted by Gasteiger charge is -2.31. The minimum atomic E-state index is -4.41. The Bertz CT molecular complexity index is 540. The lowest BCUT2D eigenvalue weighted by atomic mass is 9.93. The third-order valence-corrected chi connectivity index (χ3v) is 4.35. The van der Waals surface area contributed by atoms with Gasteiger partial charge in [-0.3, -0.25) is 9.69 Å². The van der Waals surface area contributed by atoms with Crippen molar-refractivity contribution in [1.82, 2.24) is 10.2 Å². The molecule has 0 radical (unpaired) electrons. The molecule has 0 saturated carbocycles. The third kappa shape index (κ3) is 5.79. The number of hydrogen-bond acceptors (Lipinski definition) is 3. The molecule has 0 unspecified atom stereocenters. The second-order valence-electron chi connectivity index (χ2n) is 6.24. The van der Waals surface area contributed by atoms with Crippen LogP contribution in [0.4, 0.5) is 18.9 Å². The first kappa shape index (κ1) is 18.7. The zero-order chi connectivity index (χ0) is 17.6. The van der Waals surface area contributed by atoms with Gasteiger partial charge in [-0.25, -0.2) is 0 Å². The van der Waals surface area contributed by atoms with Crippen molar-refractivity contribution in [2.45, 2.75) is 25.4 Å². The van der Waals surface area contributed by atoms with E-state index in [9.17, 15) is 18.0 Å². The topological polar surface area (TPSA) is 44.4 Å². The maximum absolute atomic E-state index is 12.7. The van der Waals surface area contributed by atoms with Crippen LogP contribution in [0, 0.1) is 5.92 Å². The molecular formula is C17H24F3N3O. The highest BCUT2D eigenvalue weighted by Gasteiger charge is 2.30. The number of rotatable bonds is 6. The van der Waals surface area contributed by atoms with E-state index >= 15 is 0 Å². The van der Waals surface area contributed by atoms with Gasteiger partial charge in [0.2, 0.25) is 5.91 Å². The quantitative estimate of drug-likeness (QED) is 0.835. The Hall–Kier alpha value is -1.60. The lowest BCUT2D eigenvalue weighted by molar-refractivity contribution is -0.137. The number of benzene rings is 1. The normalized spacial score (nSPS) is 17.0. The van der Waals surface area contributed by atoms with Gasteiger partial charge in [-0.2, -0.15) is 13.2 Å². The molecule has 1 fully saturated rings. The van der Waals surface area contributed by atoms with Crippen LogP contribution in [0.25, 0.3) is 0 Å². The number of nitrogens with one attached hydrogen (secondary N) is 2. The van der Waals surface area contributed by atoms with Gasteiger partial charge in [0.05, 0.1) is 12.1 Å². The van der Waals surface area contributed by atoms with Crippen LogP contribution in [0.3, 0.4) is 0 Å². The Morgan fingerprint density at radius 1 is 1.29 bits per heavy atom. The Morgan fingerprint density at radius 2 is 2.00 bits per heavy atom. The molecule has 1 aromatic rings. The van der Waals surface area contributed by atoms with Crippen molar-refractivity contribution in [2.24, 2.45) is 5.92 Å². The molecule has 1 aliphatic heterocycles. The summed E-state index contributed by atoms with van der Waals surface area (Å²) in [6, 6.07) is 4.72. The fourth-order valence-electron chi connectivity index (χ4n) is 2.96. The van der Waals surface area contributed by atoms with E-state index in [0.29, 0.717) is 5.92 Å². The van der Waals surface area contributed by atoms with Crippen LogP contribution in [0.1, 0.15) is 24.8 Å². The lowest BCUT2D eigenvalue weighted by Crippen LogP contribution is -2.39. The van der Waals surface area contributed by atoms with Crippen LogP contribution in [-0.4, -0.2) is 44.0 Å². The first-order chi connectivity index (χ1) is 11.4. The number of likely N-dealkylation sites (tertiary alicyclic amines) is 1. The molecule has 2 rings (SSSR count). The molecule has 0 atom stereocenters. The standard InChI is InChI=1S/C17H24F3N3O/c1-21-8-5-13-6-9-23(10-7-13)12-16(24)22-15-4-2-3-14(11-15)17(18,19)20/h2-4,11,13,21H,5-10,12H2,1H3,(H,22,24). The van der Waals surface area contributed by atoms with Gasteiger partial charge in [-0.1, -0.05) is 6.07 Å². The highest BCUT2D eigenvalue weighted by molar-refractivity contribution is 5.92. The largest absolute Gasteiger partial charge is 0.416 e. The molecule has 1 heterocycles. The minimum Gasteiger partial charge on any atom is -0.325 e. The average molecular weight is 343 g/mol. The van der Waals surface area contributed by atoms with Crippen molar-refractivity contribution in [1.29, 1.82) is 0 Å². The van der Waals surface area contributed by atoms with E-state index in [1.165, 1.54) is 12.1 Å². The smallest absolute Gasteiger partial charge is 0.325 e. The number of carbonyl (C=O) groups is 1. The maximum Gasteiger partial charge on any atom is 0.416 e. The van der Waals surface area contributed by atoms with Gasteiger partial charge in [0.15, 0.2) is 0 Å². The summed E-state index contributed by atoms with van der Waals surface area (Å²) >= 11 is 0. The maximum atomic E-state index is 12.7. The number of carbonyl (C=O) groups excluding carboxylic acids is 1. The van der Waals surface area contributed by atoms with Crippen LogP contribution in [0.5, 0.6) is 0 Å².